The van der Waals surface area contributed by atoms with Gasteiger partial charge in [0.25, 0.3) is 12.4 Å². The third-order valence-corrected chi connectivity index (χ3v) is 9.72. The van der Waals surface area contributed by atoms with Crippen LogP contribution in [0.1, 0.15) is 69.0 Å². The van der Waals surface area contributed by atoms with Gasteiger partial charge in [0.1, 0.15) is 17.2 Å². The number of thiazole rings is 1. The Hall–Kier alpha value is -3.68. The lowest BCUT2D eigenvalue weighted by Gasteiger charge is -2.31. The van der Waals surface area contributed by atoms with Crippen molar-refractivity contribution in [2.24, 2.45) is 11.1 Å². The van der Waals surface area contributed by atoms with E-state index in [-0.39, 0.29) is 24.0 Å². The number of nitrogens with one attached hydrogen (secondary N) is 1. The van der Waals surface area contributed by atoms with Gasteiger partial charge in [-0.05, 0) is 62.9 Å². The van der Waals surface area contributed by atoms with Crippen LogP contribution in [-0.2, 0) is 36.8 Å². The smallest absolute Gasteiger partial charge is 0.293 e. The highest BCUT2D eigenvalue weighted by Gasteiger charge is 2.33. The third kappa shape index (κ3) is 7.26. The van der Waals surface area contributed by atoms with Crippen molar-refractivity contribution >= 4 is 34.6 Å². The fourth-order valence-electron chi connectivity index (χ4n) is 6.38. The van der Waals surface area contributed by atoms with E-state index in [9.17, 15) is 9.59 Å². The Morgan fingerprint density at radius 3 is 2.70 bits per heavy atom. The molecule has 0 spiro atoms. The second-order valence-electron chi connectivity index (χ2n) is 12.7. The van der Waals surface area contributed by atoms with Crippen LogP contribution >= 0.6 is 11.3 Å². The maximum absolute atomic E-state index is 13.2. The zero-order valence-corrected chi connectivity index (χ0v) is 28.9. The van der Waals surface area contributed by atoms with E-state index in [0.29, 0.717) is 24.4 Å². The molecule has 1 amide bonds. The van der Waals surface area contributed by atoms with Crippen LogP contribution in [0, 0.1) is 5.41 Å². The van der Waals surface area contributed by atoms with Gasteiger partial charge < -0.3 is 24.5 Å². The van der Waals surface area contributed by atoms with Crippen LogP contribution in [0.2, 0.25) is 0 Å². The molecule has 1 aliphatic rings. The molecule has 5 rings (SSSR count). The number of ether oxygens (including phenoxy) is 3. The number of carbonyl (C=O) groups excluding carboxylic acids is 2. The van der Waals surface area contributed by atoms with E-state index in [4.69, 9.17) is 29.9 Å². The maximum Gasteiger partial charge on any atom is 0.293 e. The van der Waals surface area contributed by atoms with E-state index in [1.54, 1.807) is 25.4 Å². The van der Waals surface area contributed by atoms with Crippen molar-refractivity contribution in [1.82, 2.24) is 25.0 Å². The molecule has 4 heterocycles. The average Bonchev–Trinajstić information content (AvgIpc) is 3.69. The molecule has 252 valence electrons. The highest BCUT2D eigenvalue weighted by Crippen LogP contribution is 2.42. The summed E-state index contributed by atoms with van der Waals surface area (Å²) >= 11 is 1.43. The van der Waals surface area contributed by atoms with Crippen LogP contribution in [0.4, 0.5) is 0 Å². The number of fused-ring (bicyclic) bond motifs is 1. The van der Waals surface area contributed by atoms with Crippen molar-refractivity contribution in [2.45, 2.75) is 71.8 Å². The lowest BCUT2D eigenvalue weighted by molar-refractivity contribution is -0.140. The molecular weight excluding hydrogens is 616 g/mol. The Morgan fingerprint density at radius 2 is 2.02 bits per heavy atom. The number of rotatable bonds is 14. The largest absolute Gasteiger partial charge is 0.467 e. The van der Waals surface area contributed by atoms with Crippen LogP contribution in [0.25, 0.3) is 33.4 Å². The molecule has 12 heteroatoms. The Morgan fingerprint density at radius 1 is 1.21 bits per heavy atom. The fourth-order valence-corrected chi connectivity index (χ4v) is 7.33. The predicted octanol–water partition coefficient (Wildman–Crippen LogP) is 5.44. The topological polar surface area (TPSA) is 134 Å². The summed E-state index contributed by atoms with van der Waals surface area (Å²) in [5, 5.41) is 5.31. The number of nitrogens with two attached hydrogens (primary N) is 1. The molecule has 1 fully saturated rings. The third-order valence-electron chi connectivity index (χ3n) is 8.82. The molecule has 0 radical (unpaired) electrons. The lowest BCUT2D eigenvalue weighted by Crippen LogP contribution is -2.55. The van der Waals surface area contributed by atoms with Gasteiger partial charge in [-0.2, -0.15) is 0 Å². The number of hydrazine groups is 1. The van der Waals surface area contributed by atoms with Crippen LogP contribution in [0.3, 0.4) is 0 Å². The van der Waals surface area contributed by atoms with E-state index in [1.807, 2.05) is 18.4 Å². The first kappa shape index (κ1) is 34.6. The van der Waals surface area contributed by atoms with Crippen molar-refractivity contribution in [3.8, 4) is 22.5 Å². The normalized spacial score (nSPS) is 15.9. The number of hydrogen-bond donors (Lipinski definition) is 2. The first-order valence-corrected chi connectivity index (χ1v) is 17.0. The Bertz CT molecular complexity index is 1690. The van der Waals surface area contributed by atoms with Crippen molar-refractivity contribution in [2.75, 3.05) is 33.9 Å². The standard InChI is InChI=1S/C35H46N6O5S/c1-7-40-28-13-12-23(27-19-47-33(39-27)32(45-6)29(36)34(43)41-16-9-8-15-38-41)17-25(28)26(18-35(3,4)20-46-21-42)31(40)24-11-10-14-37-30(24)22(2)44-5/h10-14,17,19,21-22,29,32,38H,7-9,15-16,18,20,36H2,1-6H3. The molecule has 3 atom stereocenters. The fraction of sp³-hybridized carbons (Fsp3) is 0.486. The number of methoxy groups -OCH3 is 2. The van der Waals surface area contributed by atoms with Gasteiger partial charge in [0.2, 0.25) is 0 Å². The highest BCUT2D eigenvalue weighted by atomic mass is 32.1. The van der Waals surface area contributed by atoms with Crippen molar-refractivity contribution in [3.63, 3.8) is 0 Å². The number of aromatic nitrogens is 3. The summed E-state index contributed by atoms with van der Waals surface area (Å²) in [6.45, 7) is 11.2. The summed E-state index contributed by atoms with van der Waals surface area (Å²) < 4.78 is 19.1. The van der Waals surface area contributed by atoms with E-state index in [2.05, 4.69) is 55.0 Å². The van der Waals surface area contributed by atoms with Gasteiger partial charge in [0.05, 0.1) is 29.8 Å². The van der Waals surface area contributed by atoms with Crippen LogP contribution in [-0.4, -0.2) is 71.9 Å². The molecule has 0 bridgehead atoms. The van der Waals surface area contributed by atoms with Crippen LogP contribution in [0.5, 0.6) is 0 Å². The monoisotopic (exact) mass is 662 g/mol. The van der Waals surface area contributed by atoms with Crippen LogP contribution < -0.4 is 11.2 Å². The summed E-state index contributed by atoms with van der Waals surface area (Å²) in [6, 6.07) is 9.55. The van der Waals surface area contributed by atoms with Gasteiger partial charge >= 0.3 is 0 Å². The van der Waals surface area contributed by atoms with Crippen molar-refractivity contribution in [1.29, 1.82) is 0 Å². The minimum atomic E-state index is -0.890. The van der Waals surface area contributed by atoms with Crippen LogP contribution in [0.15, 0.2) is 41.9 Å². The van der Waals surface area contributed by atoms with Gasteiger partial charge in [0.15, 0.2) is 0 Å². The van der Waals surface area contributed by atoms with Gasteiger partial charge in [-0.3, -0.25) is 19.6 Å². The number of aryl methyl sites for hydroxylation is 1. The molecule has 0 aliphatic carbocycles. The number of hydrogen-bond acceptors (Lipinski definition) is 10. The van der Waals surface area contributed by atoms with Crippen molar-refractivity contribution in [3.05, 3.63) is 58.2 Å². The number of nitrogens with zero attached hydrogens (tertiary/aromatic N) is 4. The van der Waals surface area contributed by atoms with E-state index >= 15 is 0 Å². The molecule has 1 saturated heterocycles. The zero-order chi connectivity index (χ0) is 33.7. The Kier molecular flexibility index (Phi) is 11.1. The van der Waals surface area contributed by atoms with Gasteiger partial charge in [-0.15, -0.1) is 11.3 Å². The molecule has 1 aromatic carbocycles. The van der Waals surface area contributed by atoms with Crippen molar-refractivity contribution < 1.29 is 23.8 Å². The van der Waals surface area contributed by atoms with Gasteiger partial charge in [-0.1, -0.05) is 19.9 Å². The first-order valence-electron chi connectivity index (χ1n) is 16.1. The second-order valence-corrected chi connectivity index (χ2v) is 13.6. The molecule has 11 nitrogen and oxygen atoms in total. The summed E-state index contributed by atoms with van der Waals surface area (Å²) in [7, 11) is 3.25. The number of carbonyl (C=O) groups is 2. The predicted molar refractivity (Wildman–Crippen MR) is 184 cm³/mol. The average molecular weight is 663 g/mol. The summed E-state index contributed by atoms with van der Waals surface area (Å²) in [4.78, 5) is 34.0. The van der Waals surface area contributed by atoms with E-state index < -0.39 is 12.1 Å². The Labute approximate surface area is 280 Å². The van der Waals surface area contributed by atoms with Gasteiger partial charge in [-0.25, -0.2) is 10.4 Å². The molecule has 3 unspecified atom stereocenters. The number of pyridine rings is 1. The minimum absolute atomic E-state index is 0.202. The molecule has 1 aliphatic heterocycles. The second kappa shape index (κ2) is 15.0. The SMILES string of the molecule is CCn1c(-c2cccnc2C(C)OC)c(CC(C)(C)COC=O)c2cc(-c3csc(C(OC)C(N)C(=O)N4CCCCN4)n3)ccc21. The molecule has 4 aromatic rings. The molecular formula is C35H46N6O5S. The molecule has 0 saturated carbocycles. The van der Waals surface area contributed by atoms with E-state index in [1.165, 1.54) is 11.3 Å². The molecule has 3 aromatic heterocycles. The molecule has 3 N–H and O–H groups in total. The summed E-state index contributed by atoms with van der Waals surface area (Å²) in [6.07, 6.45) is 3.51. The lowest BCUT2D eigenvalue weighted by atomic mass is 9.84. The minimum Gasteiger partial charge on any atom is -0.467 e. The van der Waals surface area contributed by atoms with E-state index in [0.717, 1.165) is 70.6 Å². The summed E-state index contributed by atoms with van der Waals surface area (Å²) in [5.41, 5.74) is 16.1. The highest BCUT2D eigenvalue weighted by molar-refractivity contribution is 7.10. The maximum atomic E-state index is 13.2. The quantitative estimate of drug-likeness (QED) is 0.169. The number of benzene rings is 1. The number of amides is 1. The summed E-state index contributed by atoms with van der Waals surface area (Å²) in [5.74, 6) is -0.202. The zero-order valence-electron chi connectivity index (χ0n) is 28.1. The Balaban J connectivity index is 1.60. The first-order chi connectivity index (χ1) is 22.6. The molecule has 47 heavy (non-hydrogen) atoms. The van der Waals surface area contributed by atoms with Gasteiger partial charge in [0, 0.05) is 72.9 Å².